The summed E-state index contributed by atoms with van der Waals surface area (Å²) in [7, 11) is 0. The second-order valence-corrected chi connectivity index (χ2v) is 9.96. The lowest BCUT2D eigenvalue weighted by Crippen LogP contribution is -2.32. The number of thioether (sulfide) groups is 1. The Morgan fingerprint density at radius 2 is 1.97 bits per heavy atom. The van der Waals surface area contributed by atoms with Crippen LogP contribution in [0.25, 0.3) is 0 Å². The normalized spacial score (nSPS) is 23.2. The van der Waals surface area contributed by atoms with Gasteiger partial charge in [0.15, 0.2) is 0 Å². The number of hydrogen-bond donors (Lipinski definition) is 2. The maximum atomic E-state index is 12.5. The molecule has 0 saturated heterocycles. The number of carbonyl (C=O) groups is 2. The number of carbonyl (C=O) groups excluding carboxylic acids is 2. The van der Waals surface area contributed by atoms with Gasteiger partial charge in [0, 0.05) is 29.6 Å². The van der Waals surface area contributed by atoms with Crippen molar-refractivity contribution in [3.63, 3.8) is 0 Å². The summed E-state index contributed by atoms with van der Waals surface area (Å²) >= 11 is 1.29. The summed E-state index contributed by atoms with van der Waals surface area (Å²) in [5, 5.41) is 14.9. The van der Waals surface area contributed by atoms with E-state index >= 15 is 0 Å². The fourth-order valence-corrected chi connectivity index (χ4v) is 5.36. The van der Waals surface area contributed by atoms with E-state index in [-0.39, 0.29) is 28.4 Å². The van der Waals surface area contributed by atoms with Crippen LogP contribution < -0.4 is 10.6 Å². The monoisotopic (exact) mass is 425 g/mol. The molecule has 30 heavy (non-hydrogen) atoms. The van der Waals surface area contributed by atoms with Gasteiger partial charge in [-0.25, -0.2) is 4.98 Å². The van der Waals surface area contributed by atoms with E-state index in [1.54, 1.807) is 12.1 Å². The Balaban J connectivity index is 1.43. The molecule has 1 fully saturated rings. The lowest BCUT2D eigenvalue weighted by Gasteiger charge is -2.33. The highest BCUT2D eigenvalue weighted by Gasteiger charge is 2.61. The lowest BCUT2D eigenvalue weighted by atomic mass is 9.70. The molecule has 4 rings (SSSR count). The summed E-state index contributed by atoms with van der Waals surface area (Å²) in [5.74, 6) is 0.297. The van der Waals surface area contributed by atoms with Gasteiger partial charge < -0.3 is 10.6 Å². The van der Waals surface area contributed by atoms with E-state index in [0.717, 1.165) is 29.8 Å². The molecule has 0 radical (unpaired) electrons. The molecule has 0 spiro atoms. The lowest BCUT2D eigenvalue weighted by molar-refractivity contribution is -0.114. The second kappa shape index (κ2) is 7.34. The minimum atomic E-state index is -0.154. The number of hydrogen-bond acceptors (Lipinski definition) is 6. The van der Waals surface area contributed by atoms with Gasteiger partial charge in [0.05, 0.1) is 17.1 Å². The summed E-state index contributed by atoms with van der Waals surface area (Å²) in [5.41, 5.74) is 4.48. The third-order valence-electron chi connectivity index (χ3n) is 6.94. The number of benzene rings is 1. The maximum Gasteiger partial charge on any atom is 0.234 e. The van der Waals surface area contributed by atoms with Gasteiger partial charge in [-0.15, -0.1) is 5.10 Å². The predicted octanol–water partition coefficient (Wildman–Crippen LogP) is 4.04. The summed E-state index contributed by atoms with van der Waals surface area (Å²) in [4.78, 5) is 28.6. The molecule has 7 nitrogen and oxygen atoms in total. The van der Waals surface area contributed by atoms with E-state index in [1.807, 2.05) is 13.0 Å². The number of nitrogens with zero attached hydrogens (tertiary/aromatic N) is 3. The van der Waals surface area contributed by atoms with Gasteiger partial charge in [-0.3, -0.25) is 9.59 Å². The number of rotatable bonds is 5. The van der Waals surface area contributed by atoms with Crippen molar-refractivity contribution in [2.75, 3.05) is 16.4 Å². The molecule has 1 aromatic carbocycles. The molecule has 158 valence electrons. The van der Waals surface area contributed by atoms with Crippen molar-refractivity contribution in [1.29, 1.82) is 0 Å². The molecule has 1 heterocycles. The molecule has 2 bridgehead atoms. The number of amides is 2. The molecule has 2 atom stereocenters. The molecule has 8 heteroatoms. The van der Waals surface area contributed by atoms with Crippen molar-refractivity contribution >= 4 is 35.0 Å². The van der Waals surface area contributed by atoms with Gasteiger partial charge in [0.2, 0.25) is 17.0 Å². The molecular formula is C22H27N5O2S. The smallest absolute Gasteiger partial charge is 0.234 e. The van der Waals surface area contributed by atoms with Crippen LogP contribution >= 0.6 is 11.8 Å². The largest absolute Gasteiger partial charge is 0.326 e. The Morgan fingerprint density at radius 3 is 2.70 bits per heavy atom. The minimum Gasteiger partial charge on any atom is -0.326 e. The highest BCUT2D eigenvalue weighted by Crippen LogP contribution is 2.66. The van der Waals surface area contributed by atoms with Crippen LogP contribution in [0.2, 0.25) is 0 Å². The molecule has 1 aromatic heterocycles. The Morgan fingerprint density at radius 1 is 1.20 bits per heavy atom. The molecule has 2 aromatic rings. The summed E-state index contributed by atoms with van der Waals surface area (Å²) in [6.07, 6.45) is 2.25. The zero-order valence-electron chi connectivity index (χ0n) is 18.0. The molecule has 0 aliphatic heterocycles. The quantitative estimate of drug-likeness (QED) is 0.702. The average molecular weight is 426 g/mol. The van der Waals surface area contributed by atoms with Crippen LogP contribution in [0.15, 0.2) is 23.4 Å². The third kappa shape index (κ3) is 3.37. The van der Waals surface area contributed by atoms with Crippen LogP contribution in [0.5, 0.6) is 0 Å². The summed E-state index contributed by atoms with van der Waals surface area (Å²) < 4.78 is 0. The van der Waals surface area contributed by atoms with E-state index in [2.05, 4.69) is 41.6 Å². The van der Waals surface area contributed by atoms with Gasteiger partial charge >= 0.3 is 0 Å². The molecule has 2 aliphatic carbocycles. The second-order valence-electron chi connectivity index (χ2n) is 9.02. The molecule has 0 unspecified atom stereocenters. The van der Waals surface area contributed by atoms with Crippen LogP contribution in [-0.2, 0) is 15.0 Å². The number of aromatic nitrogens is 3. The number of fused-ring (bicyclic) bond motifs is 5. The highest BCUT2D eigenvalue weighted by molar-refractivity contribution is 7.99. The van der Waals surface area contributed by atoms with Crippen LogP contribution in [0.3, 0.4) is 0 Å². The van der Waals surface area contributed by atoms with Crippen molar-refractivity contribution in [1.82, 2.24) is 15.2 Å². The van der Waals surface area contributed by atoms with E-state index in [4.69, 9.17) is 4.98 Å². The molecule has 2 aliphatic rings. The van der Waals surface area contributed by atoms with Crippen molar-refractivity contribution in [2.24, 2.45) is 5.41 Å². The number of aryl methyl sites for hydroxylation is 1. The number of anilines is 2. The zero-order valence-corrected chi connectivity index (χ0v) is 18.8. The van der Waals surface area contributed by atoms with Crippen molar-refractivity contribution in [2.45, 2.75) is 63.9 Å². The topological polar surface area (TPSA) is 96.9 Å². The Hall–Kier alpha value is -2.48. The van der Waals surface area contributed by atoms with Gasteiger partial charge in [-0.05, 0) is 42.9 Å². The Labute approximate surface area is 180 Å². The first kappa shape index (κ1) is 20.8. The Kier molecular flexibility index (Phi) is 5.08. The van der Waals surface area contributed by atoms with E-state index in [9.17, 15) is 9.59 Å². The van der Waals surface area contributed by atoms with Gasteiger partial charge in [-0.1, -0.05) is 38.6 Å². The van der Waals surface area contributed by atoms with Crippen molar-refractivity contribution < 1.29 is 9.59 Å². The van der Waals surface area contributed by atoms with Crippen LogP contribution in [-0.4, -0.2) is 32.7 Å². The summed E-state index contributed by atoms with van der Waals surface area (Å²) in [6, 6.07) is 5.42. The van der Waals surface area contributed by atoms with E-state index in [1.165, 1.54) is 18.7 Å². The standard InChI is InChI=1S/C22H27N5O2S/c1-12-6-7-14(23-13(2)28)10-16(12)24-17(29)11-30-20-25-19-18(26-27-20)15-8-9-22(19,5)21(15,3)4/h6-7,10,15H,8-9,11H2,1-5H3,(H,23,28)(H,24,29)/t15-,22+/m0/s1. The molecular weight excluding hydrogens is 398 g/mol. The van der Waals surface area contributed by atoms with Crippen LogP contribution in [0.1, 0.15) is 63.4 Å². The minimum absolute atomic E-state index is 0.0156. The predicted molar refractivity (Wildman–Crippen MR) is 118 cm³/mol. The van der Waals surface area contributed by atoms with Gasteiger partial charge in [-0.2, -0.15) is 5.10 Å². The van der Waals surface area contributed by atoms with Crippen molar-refractivity contribution in [3.8, 4) is 0 Å². The number of nitrogens with one attached hydrogen (secondary N) is 2. The molecule has 2 N–H and O–H groups in total. The van der Waals surface area contributed by atoms with E-state index in [0.29, 0.717) is 22.4 Å². The maximum absolute atomic E-state index is 12.5. The van der Waals surface area contributed by atoms with Gasteiger partial charge in [0.1, 0.15) is 0 Å². The first-order valence-electron chi connectivity index (χ1n) is 10.2. The fourth-order valence-electron chi connectivity index (χ4n) is 4.78. The third-order valence-corrected chi connectivity index (χ3v) is 7.77. The Bertz CT molecular complexity index is 1040. The van der Waals surface area contributed by atoms with Crippen LogP contribution in [0, 0.1) is 12.3 Å². The van der Waals surface area contributed by atoms with Gasteiger partial charge in [0.25, 0.3) is 0 Å². The fraction of sp³-hybridized carbons (Fsp3) is 0.500. The summed E-state index contributed by atoms with van der Waals surface area (Å²) in [6.45, 7) is 10.2. The first-order valence-corrected chi connectivity index (χ1v) is 11.2. The van der Waals surface area contributed by atoms with Crippen molar-refractivity contribution in [3.05, 3.63) is 35.2 Å². The SMILES string of the molecule is CC(=O)Nc1ccc(C)c(NC(=O)CSc2nnc3c(n2)[C@@]2(C)CC[C@@H]3C2(C)C)c1. The van der Waals surface area contributed by atoms with Crippen LogP contribution in [0.4, 0.5) is 11.4 Å². The average Bonchev–Trinajstić information content (AvgIpc) is 3.01. The van der Waals surface area contributed by atoms with E-state index < -0.39 is 0 Å². The highest BCUT2D eigenvalue weighted by atomic mass is 32.2. The zero-order chi connectivity index (χ0) is 21.7. The molecule has 2 amide bonds. The first-order chi connectivity index (χ1) is 14.1. The molecule has 1 saturated carbocycles.